The van der Waals surface area contributed by atoms with Crippen LogP contribution in [0.5, 0.6) is 5.75 Å². The van der Waals surface area contributed by atoms with Gasteiger partial charge in [0.2, 0.25) is 0 Å². The van der Waals surface area contributed by atoms with E-state index in [1.165, 1.54) is 0 Å². The second-order valence-corrected chi connectivity index (χ2v) is 9.19. The molecule has 1 atom stereocenters. The zero-order chi connectivity index (χ0) is 22.7. The summed E-state index contributed by atoms with van der Waals surface area (Å²) in [7, 11) is 3.25. The summed E-state index contributed by atoms with van der Waals surface area (Å²) in [5, 5.41) is 2.46. The van der Waals surface area contributed by atoms with Crippen LogP contribution >= 0.6 is 22.9 Å². The molecule has 3 aromatic rings. The average molecular weight is 466 g/mol. The van der Waals surface area contributed by atoms with Crippen LogP contribution < -0.4 is 4.74 Å². The predicted octanol–water partition coefficient (Wildman–Crippen LogP) is 6.21. The second-order valence-electron chi connectivity index (χ2n) is 7.80. The highest BCUT2D eigenvalue weighted by atomic mass is 35.5. The van der Waals surface area contributed by atoms with Gasteiger partial charge in [-0.05, 0) is 66.6 Å². The number of carbonyl (C=O) groups is 2. The smallest absolute Gasteiger partial charge is 0.254 e. The maximum atomic E-state index is 14.1. The number of amides is 1. The number of ketones is 1. The molecule has 4 rings (SSSR count). The van der Waals surface area contributed by atoms with Crippen molar-refractivity contribution in [2.24, 2.45) is 0 Å². The molecular weight excluding hydrogens is 442 g/mol. The van der Waals surface area contributed by atoms with Crippen LogP contribution in [0.3, 0.4) is 0 Å². The Hall–Kier alpha value is -2.89. The highest BCUT2D eigenvalue weighted by Crippen LogP contribution is 2.45. The molecule has 0 bridgehead atoms. The molecule has 1 saturated carbocycles. The van der Waals surface area contributed by atoms with Crippen LogP contribution in [0, 0.1) is 0 Å². The summed E-state index contributed by atoms with van der Waals surface area (Å²) in [5.74, 6) is 0.253. The molecule has 1 fully saturated rings. The van der Waals surface area contributed by atoms with Crippen LogP contribution in [0.2, 0.25) is 5.02 Å². The summed E-state index contributed by atoms with van der Waals surface area (Å²) in [6.45, 7) is 0. The number of Topliss-reactive ketones (excluding diaryl/α,β-unsaturated/α-hetero) is 1. The first-order valence-electron chi connectivity index (χ1n) is 10.4. The van der Waals surface area contributed by atoms with Crippen LogP contribution in [0.4, 0.5) is 0 Å². The normalized spacial score (nSPS) is 19.7. The Kier molecular flexibility index (Phi) is 6.49. The molecule has 1 unspecified atom stereocenters. The van der Waals surface area contributed by atoms with E-state index >= 15 is 0 Å². The number of hydrogen-bond donors (Lipinski definition) is 0. The molecule has 0 saturated heterocycles. The number of ether oxygens (including phenoxy) is 1. The lowest BCUT2D eigenvalue weighted by Crippen LogP contribution is -2.55. The molecule has 4 nitrogen and oxygen atoms in total. The molecule has 0 aliphatic heterocycles. The van der Waals surface area contributed by atoms with Gasteiger partial charge in [-0.3, -0.25) is 9.59 Å². The van der Waals surface area contributed by atoms with Gasteiger partial charge in [0.1, 0.15) is 11.3 Å². The number of benzene rings is 2. The third-order valence-corrected chi connectivity index (χ3v) is 7.17. The van der Waals surface area contributed by atoms with Gasteiger partial charge in [0.05, 0.1) is 7.11 Å². The van der Waals surface area contributed by atoms with Crippen molar-refractivity contribution in [1.82, 2.24) is 4.90 Å². The monoisotopic (exact) mass is 465 g/mol. The topological polar surface area (TPSA) is 46.6 Å². The Morgan fingerprint density at radius 3 is 2.69 bits per heavy atom. The Morgan fingerprint density at radius 1 is 1.16 bits per heavy atom. The van der Waals surface area contributed by atoms with Crippen molar-refractivity contribution >= 4 is 40.7 Å². The lowest BCUT2D eigenvalue weighted by molar-refractivity contribution is -0.128. The molecule has 1 aromatic heterocycles. The third kappa shape index (κ3) is 3.98. The predicted molar refractivity (Wildman–Crippen MR) is 129 cm³/mol. The van der Waals surface area contributed by atoms with Crippen molar-refractivity contribution in [2.75, 3.05) is 14.2 Å². The summed E-state index contributed by atoms with van der Waals surface area (Å²) in [6, 6.07) is 18.2. The highest BCUT2D eigenvalue weighted by molar-refractivity contribution is 7.10. The number of nitrogens with zero attached hydrogens (tertiary/aromatic N) is 1. The largest absolute Gasteiger partial charge is 0.497 e. The van der Waals surface area contributed by atoms with E-state index in [9.17, 15) is 9.59 Å². The van der Waals surface area contributed by atoms with Crippen molar-refractivity contribution in [2.45, 2.75) is 24.8 Å². The molecule has 1 heterocycles. The lowest BCUT2D eigenvalue weighted by atomic mass is 9.71. The van der Waals surface area contributed by atoms with Gasteiger partial charge in [-0.15, -0.1) is 11.3 Å². The van der Waals surface area contributed by atoms with E-state index in [0.29, 0.717) is 40.3 Å². The molecule has 0 spiro atoms. The number of likely N-dealkylation sites (N-methyl/N-ethyl adjacent to an activating group) is 1. The Morgan fingerprint density at radius 2 is 1.97 bits per heavy atom. The Balaban J connectivity index is 1.84. The van der Waals surface area contributed by atoms with Gasteiger partial charge >= 0.3 is 0 Å². The van der Waals surface area contributed by atoms with Crippen LogP contribution in [0.15, 0.2) is 71.6 Å². The van der Waals surface area contributed by atoms with E-state index in [4.69, 9.17) is 16.3 Å². The minimum atomic E-state index is -1.18. The zero-order valence-corrected chi connectivity index (χ0v) is 19.6. The fraction of sp³-hybridized carbons (Fsp3) is 0.231. The summed E-state index contributed by atoms with van der Waals surface area (Å²) < 4.78 is 5.29. The fourth-order valence-electron chi connectivity index (χ4n) is 4.39. The first-order chi connectivity index (χ1) is 15.5. The van der Waals surface area contributed by atoms with Gasteiger partial charge in [0.25, 0.3) is 5.91 Å². The fourth-order valence-corrected chi connectivity index (χ4v) is 5.36. The van der Waals surface area contributed by atoms with Crippen LogP contribution in [0.1, 0.15) is 40.1 Å². The van der Waals surface area contributed by atoms with Crippen molar-refractivity contribution in [3.8, 4) is 5.75 Å². The number of thiophene rings is 1. The van der Waals surface area contributed by atoms with Crippen molar-refractivity contribution in [3.05, 3.63) is 92.6 Å². The van der Waals surface area contributed by atoms with Crippen molar-refractivity contribution in [3.63, 3.8) is 0 Å². The van der Waals surface area contributed by atoms with E-state index in [0.717, 1.165) is 11.3 Å². The minimum Gasteiger partial charge on any atom is -0.497 e. The van der Waals surface area contributed by atoms with E-state index < -0.39 is 5.54 Å². The quantitative estimate of drug-likeness (QED) is 0.420. The molecule has 6 heteroatoms. The molecule has 1 aliphatic carbocycles. The van der Waals surface area contributed by atoms with Crippen molar-refractivity contribution < 1.29 is 14.3 Å². The molecular formula is C26H24ClNO3S. The van der Waals surface area contributed by atoms with Gasteiger partial charge in [0.15, 0.2) is 5.78 Å². The molecule has 164 valence electrons. The zero-order valence-electron chi connectivity index (χ0n) is 18.0. The third-order valence-electron chi connectivity index (χ3n) is 6.02. The molecule has 0 N–H and O–H groups in total. The minimum absolute atomic E-state index is 0.0796. The van der Waals surface area contributed by atoms with Gasteiger partial charge in [-0.25, -0.2) is 0 Å². The van der Waals surface area contributed by atoms with E-state index in [2.05, 4.69) is 0 Å². The number of hydrogen-bond acceptors (Lipinski definition) is 4. The number of carbonyl (C=O) groups excluding carboxylic acids is 2. The first-order valence-corrected chi connectivity index (χ1v) is 11.7. The number of methoxy groups -OCH3 is 1. The first kappa shape index (κ1) is 22.3. The maximum Gasteiger partial charge on any atom is 0.254 e. The molecule has 1 aliphatic rings. The summed E-state index contributed by atoms with van der Waals surface area (Å²) in [6.07, 6.45) is 3.89. The second kappa shape index (κ2) is 9.31. The van der Waals surface area contributed by atoms with Crippen LogP contribution in [-0.4, -0.2) is 30.7 Å². The number of rotatable bonds is 5. The summed E-state index contributed by atoms with van der Waals surface area (Å²) >= 11 is 8.20. The van der Waals surface area contributed by atoms with Crippen molar-refractivity contribution in [1.29, 1.82) is 0 Å². The Bertz CT molecular complexity index is 1170. The van der Waals surface area contributed by atoms with E-state index in [-0.39, 0.29) is 11.7 Å². The summed E-state index contributed by atoms with van der Waals surface area (Å²) in [5.41, 5.74) is 0.645. The summed E-state index contributed by atoms with van der Waals surface area (Å²) in [4.78, 5) is 30.3. The standard InChI is InChI=1S/C26H24ClNO3S/c1-28(25(30)19-8-5-10-20(16-19)31-2)26(22-12-3-4-13-23(22)27)14-6-9-18(24(26)29)17-21-11-7-15-32-21/h3-5,7-8,10-13,15-17H,6,9,14H2,1-2H3. The molecule has 32 heavy (non-hydrogen) atoms. The maximum absolute atomic E-state index is 14.1. The lowest BCUT2D eigenvalue weighted by Gasteiger charge is -2.44. The SMILES string of the molecule is COc1cccc(C(=O)N(C)C2(c3ccccc3Cl)CCCC(=Cc3cccs3)C2=O)c1. The van der Waals surface area contributed by atoms with Crippen LogP contribution in [-0.2, 0) is 10.3 Å². The van der Waals surface area contributed by atoms with E-state index in [1.807, 2.05) is 41.8 Å². The van der Waals surface area contributed by atoms with E-state index in [1.54, 1.807) is 60.7 Å². The highest BCUT2D eigenvalue weighted by Gasteiger charge is 2.50. The Labute approximate surface area is 197 Å². The van der Waals surface area contributed by atoms with Crippen LogP contribution in [0.25, 0.3) is 6.08 Å². The molecule has 0 radical (unpaired) electrons. The van der Waals surface area contributed by atoms with Gasteiger partial charge in [-0.1, -0.05) is 41.9 Å². The molecule has 2 aromatic carbocycles. The molecule has 1 amide bonds. The average Bonchev–Trinajstić information content (AvgIpc) is 3.33. The number of halogens is 1. The van der Waals surface area contributed by atoms with Gasteiger partial charge in [-0.2, -0.15) is 0 Å². The van der Waals surface area contributed by atoms with Gasteiger partial charge in [0, 0.05) is 28.1 Å². The van der Waals surface area contributed by atoms with Gasteiger partial charge < -0.3 is 9.64 Å².